The van der Waals surface area contributed by atoms with Gasteiger partial charge < -0.3 is 9.73 Å². The average Bonchev–Trinajstić information content (AvgIpc) is 3.01. The summed E-state index contributed by atoms with van der Waals surface area (Å²) in [6, 6.07) is 9.04. The van der Waals surface area contributed by atoms with Gasteiger partial charge in [0.2, 0.25) is 5.89 Å². The molecule has 9 heteroatoms. The van der Waals surface area contributed by atoms with Crippen LogP contribution < -0.4 is 5.32 Å². The Morgan fingerprint density at radius 2 is 1.92 bits per heavy atom. The van der Waals surface area contributed by atoms with Crippen molar-refractivity contribution in [3.63, 3.8) is 0 Å². The number of amides is 2. The lowest BCUT2D eigenvalue weighted by atomic mass is 10.2. The quantitative estimate of drug-likeness (QED) is 0.755. The van der Waals surface area contributed by atoms with Crippen molar-refractivity contribution in [2.45, 2.75) is 18.4 Å². The van der Waals surface area contributed by atoms with E-state index in [1.165, 1.54) is 37.4 Å². The van der Waals surface area contributed by atoms with E-state index in [4.69, 9.17) is 4.42 Å². The van der Waals surface area contributed by atoms with Crippen LogP contribution in [0.5, 0.6) is 0 Å². The van der Waals surface area contributed by atoms with Crippen LogP contribution in [0.4, 0.5) is 9.18 Å². The Balaban J connectivity index is 1.99. The summed E-state index contributed by atoms with van der Waals surface area (Å²) in [7, 11) is -2.80. The van der Waals surface area contributed by atoms with Crippen molar-refractivity contribution in [1.82, 2.24) is 14.6 Å². The van der Waals surface area contributed by atoms with Gasteiger partial charge in [0.05, 0.1) is 4.90 Å². The Bertz CT molecular complexity index is 1060. The average molecular weight is 377 g/mol. The van der Waals surface area contributed by atoms with Gasteiger partial charge in [-0.3, -0.25) is 0 Å². The summed E-state index contributed by atoms with van der Waals surface area (Å²) in [4.78, 5) is 16.2. The van der Waals surface area contributed by atoms with Crippen molar-refractivity contribution in [2.24, 2.45) is 0 Å². The minimum atomic E-state index is -4.13. The molecule has 1 heterocycles. The molecule has 136 valence electrons. The van der Waals surface area contributed by atoms with Crippen LogP contribution in [0.1, 0.15) is 11.5 Å². The van der Waals surface area contributed by atoms with Gasteiger partial charge in [-0.05, 0) is 31.2 Å². The summed E-state index contributed by atoms with van der Waals surface area (Å²) < 4.78 is 45.0. The van der Waals surface area contributed by atoms with Gasteiger partial charge in [0.15, 0.2) is 5.58 Å². The number of rotatable bonds is 4. The summed E-state index contributed by atoms with van der Waals surface area (Å²) in [5.41, 5.74) is 1.42. The molecule has 7 nitrogen and oxygen atoms in total. The first-order valence-corrected chi connectivity index (χ1v) is 9.11. The Morgan fingerprint density at radius 3 is 2.58 bits per heavy atom. The Labute approximate surface area is 149 Å². The molecule has 0 spiro atoms. The fourth-order valence-corrected chi connectivity index (χ4v) is 3.69. The molecule has 0 aliphatic rings. The zero-order valence-electron chi connectivity index (χ0n) is 14.1. The molecule has 0 bridgehead atoms. The molecule has 3 rings (SSSR count). The molecule has 0 fully saturated rings. The lowest BCUT2D eigenvalue weighted by molar-refractivity contribution is 0.221. The minimum Gasteiger partial charge on any atom is -0.439 e. The largest absolute Gasteiger partial charge is 0.439 e. The number of sulfonamides is 1. The predicted octanol–water partition coefficient (Wildman–Crippen LogP) is 2.81. The number of hydrogen-bond acceptors (Lipinski definition) is 5. The van der Waals surface area contributed by atoms with Crippen molar-refractivity contribution < 1.29 is 22.0 Å². The highest BCUT2D eigenvalue weighted by Crippen LogP contribution is 2.22. The second kappa shape index (κ2) is 6.75. The van der Waals surface area contributed by atoms with E-state index in [-0.39, 0.29) is 16.3 Å². The molecule has 3 aromatic rings. The predicted molar refractivity (Wildman–Crippen MR) is 92.3 cm³/mol. The standard InChI is InChI=1S/C17H16FN3O4S/c1-11-3-6-13(7-4-11)26(23,24)21(17(22)19-2)10-16-20-14-9-12(18)5-8-15(14)25-16/h3-9H,10H2,1-2H3,(H,19,22). The highest BCUT2D eigenvalue weighted by atomic mass is 32.2. The van der Waals surface area contributed by atoms with Gasteiger partial charge in [-0.2, -0.15) is 0 Å². The van der Waals surface area contributed by atoms with Crippen molar-refractivity contribution in [2.75, 3.05) is 7.05 Å². The molecular weight excluding hydrogens is 361 g/mol. The number of aromatic nitrogens is 1. The summed E-state index contributed by atoms with van der Waals surface area (Å²) in [5, 5.41) is 2.29. The fraction of sp³-hybridized carbons (Fsp3) is 0.176. The number of halogens is 1. The van der Waals surface area contributed by atoms with Crippen LogP contribution in [-0.4, -0.2) is 30.8 Å². The highest BCUT2D eigenvalue weighted by Gasteiger charge is 2.30. The zero-order chi connectivity index (χ0) is 18.9. The number of carbonyl (C=O) groups excluding carboxylic acids is 1. The van der Waals surface area contributed by atoms with Crippen LogP contribution in [0.15, 0.2) is 51.8 Å². The molecule has 0 aliphatic carbocycles. The third-order valence-electron chi connectivity index (χ3n) is 3.72. The molecule has 0 atom stereocenters. The second-order valence-electron chi connectivity index (χ2n) is 5.60. The van der Waals surface area contributed by atoms with Crippen LogP contribution in [-0.2, 0) is 16.6 Å². The third-order valence-corrected chi connectivity index (χ3v) is 5.47. The maximum atomic E-state index is 13.3. The zero-order valence-corrected chi connectivity index (χ0v) is 14.9. The molecule has 0 unspecified atom stereocenters. The number of oxazole rings is 1. The molecule has 0 aliphatic heterocycles. The summed E-state index contributed by atoms with van der Waals surface area (Å²) in [6.07, 6.45) is 0. The van der Waals surface area contributed by atoms with Gasteiger partial charge in [-0.25, -0.2) is 26.9 Å². The lowest BCUT2D eigenvalue weighted by Gasteiger charge is -2.20. The van der Waals surface area contributed by atoms with E-state index in [1.807, 2.05) is 6.92 Å². The normalized spacial score (nSPS) is 11.5. The van der Waals surface area contributed by atoms with Crippen molar-refractivity contribution in [3.8, 4) is 0 Å². The number of urea groups is 1. The van der Waals surface area contributed by atoms with Crippen LogP contribution in [0.25, 0.3) is 11.1 Å². The topological polar surface area (TPSA) is 92.5 Å². The fourth-order valence-electron chi connectivity index (χ4n) is 2.37. The smallest absolute Gasteiger partial charge is 0.331 e. The third kappa shape index (κ3) is 3.38. The van der Waals surface area contributed by atoms with Crippen molar-refractivity contribution in [1.29, 1.82) is 0 Å². The molecule has 0 radical (unpaired) electrons. The molecule has 2 aromatic carbocycles. The first kappa shape index (κ1) is 17.9. The van der Waals surface area contributed by atoms with Crippen LogP contribution in [0.2, 0.25) is 0 Å². The Hall–Kier alpha value is -2.94. The molecule has 1 N–H and O–H groups in total. The molecule has 0 saturated heterocycles. The van der Waals surface area contributed by atoms with E-state index in [0.717, 1.165) is 5.56 Å². The van der Waals surface area contributed by atoms with Gasteiger partial charge in [-0.15, -0.1) is 0 Å². The van der Waals surface area contributed by atoms with E-state index in [2.05, 4.69) is 10.3 Å². The Kier molecular flexibility index (Phi) is 4.64. The first-order chi connectivity index (χ1) is 12.3. The van der Waals surface area contributed by atoms with Crippen molar-refractivity contribution in [3.05, 3.63) is 59.7 Å². The summed E-state index contributed by atoms with van der Waals surface area (Å²) >= 11 is 0. The van der Waals surface area contributed by atoms with Gasteiger partial charge in [-0.1, -0.05) is 17.7 Å². The SMILES string of the molecule is CNC(=O)N(Cc1nc2cc(F)ccc2o1)S(=O)(=O)c1ccc(C)cc1. The van der Waals surface area contributed by atoms with Crippen LogP contribution in [0, 0.1) is 12.7 Å². The van der Waals surface area contributed by atoms with Crippen LogP contribution in [0.3, 0.4) is 0 Å². The number of benzene rings is 2. The number of aryl methyl sites for hydroxylation is 1. The van der Waals surface area contributed by atoms with Gasteiger partial charge in [0.1, 0.15) is 17.9 Å². The number of nitrogens with zero attached hydrogens (tertiary/aromatic N) is 2. The Morgan fingerprint density at radius 1 is 1.23 bits per heavy atom. The monoisotopic (exact) mass is 377 g/mol. The number of fused-ring (bicyclic) bond motifs is 1. The van der Waals surface area contributed by atoms with E-state index in [0.29, 0.717) is 9.89 Å². The lowest BCUT2D eigenvalue weighted by Crippen LogP contribution is -2.41. The summed E-state index contributed by atoms with van der Waals surface area (Å²) in [6.45, 7) is 1.40. The maximum absolute atomic E-state index is 13.3. The molecule has 0 saturated carbocycles. The minimum absolute atomic E-state index is 0.0233. The van der Waals surface area contributed by atoms with E-state index < -0.39 is 28.4 Å². The highest BCUT2D eigenvalue weighted by molar-refractivity contribution is 7.89. The number of carbonyl (C=O) groups is 1. The van der Waals surface area contributed by atoms with Gasteiger partial charge in [0, 0.05) is 13.1 Å². The van der Waals surface area contributed by atoms with Crippen molar-refractivity contribution >= 4 is 27.2 Å². The molecule has 1 aromatic heterocycles. The van der Waals surface area contributed by atoms with E-state index >= 15 is 0 Å². The maximum Gasteiger partial charge on any atom is 0.331 e. The van der Waals surface area contributed by atoms with Crippen LogP contribution >= 0.6 is 0 Å². The number of nitrogens with one attached hydrogen (secondary N) is 1. The molecular formula is C17H16FN3O4S. The van der Waals surface area contributed by atoms with E-state index in [9.17, 15) is 17.6 Å². The first-order valence-electron chi connectivity index (χ1n) is 7.67. The second-order valence-corrected chi connectivity index (χ2v) is 7.46. The molecule has 26 heavy (non-hydrogen) atoms. The number of hydrogen-bond donors (Lipinski definition) is 1. The molecule has 2 amide bonds. The van der Waals surface area contributed by atoms with E-state index in [1.54, 1.807) is 12.1 Å². The summed E-state index contributed by atoms with van der Waals surface area (Å²) in [5.74, 6) is -0.516. The van der Waals surface area contributed by atoms with Gasteiger partial charge >= 0.3 is 6.03 Å². The van der Waals surface area contributed by atoms with Gasteiger partial charge in [0.25, 0.3) is 10.0 Å².